The lowest BCUT2D eigenvalue weighted by molar-refractivity contribution is -0.122. The summed E-state index contributed by atoms with van der Waals surface area (Å²) in [5.41, 5.74) is 1.65. The summed E-state index contributed by atoms with van der Waals surface area (Å²) < 4.78 is 15.6. The number of rotatable bonds is 4. The van der Waals surface area contributed by atoms with Crippen LogP contribution in [0, 0.1) is 12.7 Å². The number of anilines is 1. The standard InChI is InChI=1S/C17H21FN4O/c1-13-5-6-15(18)16(10-13)21-8-2-4-14(11-21)20-17(23)12-22-9-3-7-19-22/h3,5-7,9-10,14H,2,4,8,11-12H2,1H3,(H,20,23)/t14-/m0/s1. The Bertz CT molecular complexity index is 671. The lowest BCUT2D eigenvalue weighted by atomic mass is 10.0. The van der Waals surface area contributed by atoms with Crippen molar-refractivity contribution in [2.75, 3.05) is 18.0 Å². The second-order valence-corrected chi connectivity index (χ2v) is 6.01. The number of carbonyl (C=O) groups excluding carboxylic acids is 1. The van der Waals surface area contributed by atoms with E-state index in [0.29, 0.717) is 12.2 Å². The molecule has 23 heavy (non-hydrogen) atoms. The van der Waals surface area contributed by atoms with Crippen LogP contribution >= 0.6 is 0 Å². The average Bonchev–Trinajstić information content (AvgIpc) is 3.02. The van der Waals surface area contributed by atoms with Crippen molar-refractivity contribution in [2.45, 2.75) is 32.4 Å². The van der Waals surface area contributed by atoms with Crippen molar-refractivity contribution >= 4 is 11.6 Å². The topological polar surface area (TPSA) is 50.2 Å². The van der Waals surface area contributed by atoms with Crippen molar-refractivity contribution in [3.63, 3.8) is 0 Å². The fourth-order valence-electron chi connectivity index (χ4n) is 2.99. The van der Waals surface area contributed by atoms with Crippen LogP contribution in [-0.2, 0) is 11.3 Å². The molecule has 1 fully saturated rings. The van der Waals surface area contributed by atoms with Crippen LogP contribution in [0.1, 0.15) is 18.4 Å². The highest BCUT2D eigenvalue weighted by Crippen LogP contribution is 2.24. The van der Waals surface area contributed by atoms with Crippen molar-refractivity contribution in [1.82, 2.24) is 15.1 Å². The monoisotopic (exact) mass is 316 g/mol. The van der Waals surface area contributed by atoms with Crippen LogP contribution in [0.15, 0.2) is 36.7 Å². The van der Waals surface area contributed by atoms with Crippen molar-refractivity contribution in [2.24, 2.45) is 0 Å². The molecule has 0 unspecified atom stereocenters. The predicted octanol–water partition coefficient (Wildman–Crippen LogP) is 2.12. The molecule has 1 atom stereocenters. The molecule has 5 nitrogen and oxygen atoms in total. The van der Waals surface area contributed by atoms with E-state index >= 15 is 0 Å². The molecule has 0 aliphatic carbocycles. The summed E-state index contributed by atoms with van der Waals surface area (Å²) in [6.45, 7) is 3.61. The minimum absolute atomic E-state index is 0.0340. The van der Waals surface area contributed by atoms with Crippen LogP contribution < -0.4 is 10.2 Å². The third kappa shape index (κ3) is 3.88. The average molecular weight is 316 g/mol. The Labute approximate surface area is 135 Å². The van der Waals surface area contributed by atoms with Gasteiger partial charge in [0.05, 0.1) is 5.69 Å². The van der Waals surface area contributed by atoms with E-state index in [-0.39, 0.29) is 24.3 Å². The Balaban J connectivity index is 1.61. The summed E-state index contributed by atoms with van der Waals surface area (Å²) >= 11 is 0. The zero-order valence-electron chi connectivity index (χ0n) is 13.2. The number of carbonyl (C=O) groups is 1. The van der Waals surface area contributed by atoms with Gasteiger partial charge in [-0.05, 0) is 43.5 Å². The Hall–Kier alpha value is -2.37. The molecule has 2 aromatic rings. The first-order valence-corrected chi connectivity index (χ1v) is 7.90. The first-order chi connectivity index (χ1) is 11.1. The van der Waals surface area contributed by atoms with E-state index in [4.69, 9.17) is 0 Å². The molecule has 1 aromatic heterocycles. The Morgan fingerprint density at radius 2 is 2.35 bits per heavy atom. The van der Waals surface area contributed by atoms with Crippen molar-refractivity contribution in [3.05, 3.63) is 48.0 Å². The van der Waals surface area contributed by atoms with E-state index in [1.165, 1.54) is 6.07 Å². The van der Waals surface area contributed by atoms with Crippen molar-refractivity contribution in [3.8, 4) is 0 Å². The Morgan fingerprint density at radius 3 is 3.13 bits per heavy atom. The number of nitrogens with zero attached hydrogens (tertiary/aromatic N) is 3. The first-order valence-electron chi connectivity index (χ1n) is 7.90. The van der Waals surface area contributed by atoms with Crippen LogP contribution in [-0.4, -0.2) is 34.8 Å². The number of hydrogen-bond donors (Lipinski definition) is 1. The number of aromatic nitrogens is 2. The zero-order valence-corrected chi connectivity index (χ0v) is 13.2. The zero-order chi connectivity index (χ0) is 16.2. The van der Waals surface area contributed by atoms with E-state index in [1.807, 2.05) is 17.9 Å². The summed E-state index contributed by atoms with van der Waals surface area (Å²) in [5, 5.41) is 7.06. The molecule has 0 spiro atoms. The second kappa shape index (κ2) is 6.81. The van der Waals surface area contributed by atoms with Gasteiger partial charge in [-0.1, -0.05) is 6.07 Å². The van der Waals surface area contributed by atoms with E-state index in [9.17, 15) is 9.18 Å². The number of halogens is 1. The quantitative estimate of drug-likeness (QED) is 0.940. The normalized spacial score (nSPS) is 18.0. The molecular formula is C17H21FN4O. The molecule has 1 amide bonds. The van der Waals surface area contributed by atoms with Crippen LogP contribution in [0.4, 0.5) is 10.1 Å². The summed E-state index contributed by atoms with van der Waals surface area (Å²) in [4.78, 5) is 14.1. The van der Waals surface area contributed by atoms with Crippen molar-refractivity contribution in [1.29, 1.82) is 0 Å². The molecule has 2 heterocycles. The molecular weight excluding hydrogens is 295 g/mol. The number of piperidine rings is 1. The molecule has 0 saturated carbocycles. The van der Waals surface area contributed by atoms with E-state index < -0.39 is 0 Å². The van der Waals surface area contributed by atoms with Gasteiger partial charge in [0.2, 0.25) is 5.91 Å². The van der Waals surface area contributed by atoms with Crippen LogP contribution in [0.2, 0.25) is 0 Å². The highest BCUT2D eigenvalue weighted by atomic mass is 19.1. The number of nitrogens with one attached hydrogen (secondary N) is 1. The SMILES string of the molecule is Cc1ccc(F)c(N2CCC[C@H](NC(=O)Cn3cccn3)C2)c1. The molecule has 122 valence electrons. The van der Waals surface area contributed by atoms with Gasteiger partial charge in [0.25, 0.3) is 0 Å². The third-order valence-electron chi connectivity index (χ3n) is 4.09. The van der Waals surface area contributed by atoms with Crippen LogP contribution in [0.3, 0.4) is 0 Å². The summed E-state index contributed by atoms with van der Waals surface area (Å²) in [6, 6.07) is 6.96. The van der Waals surface area contributed by atoms with Crippen molar-refractivity contribution < 1.29 is 9.18 Å². The van der Waals surface area contributed by atoms with Gasteiger partial charge in [0.1, 0.15) is 12.4 Å². The smallest absolute Gasteiger partial charge is 0.242 e. The van der Waals surface area contributed by atoms with E-state index in [2.05, 4.69) is 10.4 Å². The van der Waals surface area contributed by atoms with Gasteiger partial charge in [-0.25, -0.2) is 4.39 Å². The minimum atomic E-state index is -0.209. The summed E-state index contributed by atoms with van der Waals surface area (Å²) in [5.74, 6) is -0.274. The number of hydrogen-bond acceptors (Lipinski definition) is 3. The minimum Gasteiger partial charge on any atom is -0.367 e. The largest absolute Gasteiger partial charge is 0.367 e. The van der Waals surface area contributed by atoms with Crippen LogP contribution in [0.5, 0.6) is 0 Å². The van der Waals surface area contributed by atoms with Gasteiger partial charge in [-0.3, -0.25) is 9.48 Å². The molecule has 1 aliphatic heterocycles. The number of benzene rings is 1. The van der Waals surface area contributed by atoms with Gasteiger partial charge in [-0.2, -0.15) is 5.10 Å². The van der Waals surface area contributed by atoms with E-state index in [1.54, 1.807) is 29.2 Å². The lowest BCUT2D eigenvalue weighted by Crippen LogP contribution is -2.48. The molecule has 1 saturated heterocycles. The third-order valence-corrected chi connectivity index (χ3v) is 4.09. The molecule has 1 aliphatic rings. The maximum Gasteiger partial charge on any atom is 0.242 e. The highest BCUT2D eigenvalue weighted by Gasteiger charge is 2.23. The number of aryl methyl sites for hydroxylation is 1. The molecule has 3 rings (SSSR count). The van der Waals surface area contributed by atoms with Gasteiger partial charge in [-0.15, -0.1) is 0 Å². The first kappa shape index (κ1) is 15.5. The van der Waals surface area contributed by atoms with Crippen LogP contribution in [0.25, 0.3) is 0 Å². The maximum absolute atomic E-state index is 14.1. The molecule has 0 radical (unpaired) electrons. The molecule has 1 aromatic carbocycles. The predicted molar refractivity (Wildman–Crippen MR) is 86.7 cm³/mol. The fraction of sp³-hybridized carbons (Fsp3) is 0.412. The molecule has 1 N–H and O–H groups in total. The Kier molecular flexibility index (Phi) is 4.60. The number of amides is 1. The fourth-order valence-corrected chi connectivity index (χ4v) is 2.99. The molecule has 6 heteroatoms. The van der Waals surface area contributed by atoms with Gasteiger partial charge < -0.3 is 10.2 Å². The lowest BCUT2D eigenvalue weighted by Gasteiger charge is -2.35. The van der Waals surface area contributed by atoms with Gasteiger partial charge in [0, 0.05) is 31.5 Å². The second-order valence-electron chi connectivity index (χ2n) is 6.01. The van der Waals surface area contributed by atoms with Gasteiger partial charge >= 0.3 is 0 Å². The Morgan fingerprint density at radius 1 is 1.48 bits per heavy atom. The maximum atomic E-state index is 14.1. The summed E-state index contributed by atoms with van der Waals surface area (Å²) in [7, 11) is 0. The van der Waals surface area contributed by atoms with Gasteiger partial charge in [0.15, 0.2) is 0 Å². The summed E-state index contributed by atoms with van der Waals surface area (Å²) in [6.07, 6.45) is 5.25. The highest BCUT2D eigenvalue weighted by molar-refractivity contribution is 5.76. The molecule has 0 bridgehead atoms. The van der Waals surface area contributed by atoms with E-state index in [0.717, 1.165) is 24.9 Å².